The quantitative estimate of drug-likeness (QED) is 0.520. The van der Waals surface area contributed by atoms with Gasteiger partial charge in [-0.25, -0.2) is 9.97 Å². The Kier molecular flexibility index (Phi) is 2.42. The van der Waals surface area contributed by atoms with Crippen molar-refractivity contribution in [1.82, 2.24) is 9.97 Å². The smallest absolute Gasteiger partial charge is 0.222 e. The van der Waals surface area contributed by atoms with Gasteiger partial charge in [-0.05, 0) is 17.7 Å². The molecular formula is C5H4BrClN2. The summed E-state index contributed by atoms with van der Waals surface area (Å²) in [5.41, 5.74) is 0.898. The molecule has 0 saturated carbocycles. The number of alkyl halides is 1. The van der Waals surface area contributed by atoms with E-state index >= 15 is 0 Å². The first-order valence-corrected chi connectivity index (χ1v) is 3.86. The van der Waals surface area contributed by atoms with Crippen molar-refractivity contribution in [3.8, 4) is 0 Å². The largest absolute Gasteiger partial charge is 0.227 e. The van der Waals surface area contributed by atoms with Crippen LogP contribution in [-0.2, 0) is 5.33 Å². The molecule has 9 heavy (non-hydrogen) atoms. The number of aromatic nitrogens is 2. The lowest BCUT2D eigenvalue weighted by molar-refractivity contribution is 1.09. The summed E-state index contributed by atoms with van der Waals surface area (Å²) in [5, 5.41) is 1.02. The molecule has 0 radical (unpaired) electrons. The fraction of sp³-hybridized carbons (Fsp3) is 0.200. The third-order valence-electron chi connectivity index (χ3n) is 0.821. The molecule has 1 aromatic heterocycles. The number of halogens is 2. The van der Waals surface area contributed by atoms with Gasteiger partial charge in [-0.1, -0.05) is 15.9 Å². The molecule has 0 unspecified atom stereocenters. The van der Waals surface area contributed by atoms with Crippen molar-refractivity contribution in [3.05, 3.63) is 23.2 Å². The van der Waals surface area contributed by atoms with E-state index < -0.39 is 0 Å². The molecule has 0 atom stereocenters. The maximum absolute atomic E-state index is 5.48. The van der Waals surface area contributed by atoms with Gasteiger partial charge in [0.1, 0.15) is 0 Å². The fourth-order valence-corrected chi connectivity index (χ4v) is 0.921. The molecule has 4 heteroatoms. The summed E-state index contributed by atoms with van der Waals surface area (Å²) in [6, 6.07) is 1.81. The SMILES string of the molecule is Clc1nccc(CBr)n1. The molecule has 0 aromatic carbocycles. The summed E-state index contributed by atoms with van der Waals surface area (Å²) >= 11 is 8.72. The Morgan fingerprint density at radius 1 is 1.67 bits per heavy atom. The molecule has 0 N–H and O–H groups in total. The van der Waals surface area contributed by atoms with Crippen molar-refractivity contribution in [2.45, 2.75) is 5.33 Å². The van der Waals surface area contributed by atoms with Crippen LogP contribution in [0.3, 0.4) is 0 Å². The summed E-state index contributed by atoms with van der Waals surface area (Å²) in [6.07, 6.45) is 1.63. The highest BCUT2D eigenvalue weighted by atomic mass is 79.9. The summed E-state index contributed by atoms with van der Waals surface area (Å²) < 4.78 is 0. The lowest BCUT2D eigenvalue weighted by Crippen LogP contribution is -1.85. The predicted octanol–water partition coefficient (Wildman–Crippen LogP) is 2.02. The van der Waals surface area contributed by atoms with E-state index in [1.54, 1.807) is 12.3 Å². The first kappa shape index (κ1) is 6.96. The van der Waals surface area contributed by atoms with Crippen LogP contribution in [0, 0.1) is 0 Å². The van der Waals surface area contributed by atoms with E-state index in [0.717, 1.165) is 11.0 Å². The molecule has 1 aromatic rings. The number of rotatable bonds is 1. The van der Waals surface area contributed by atoms with Gasteiger partial charge in [-0.2, -0.15) is 0 Å². The van der Waals surface area contributed by atoms with Crippen LogP contribution in [0.25, 0.3) is 0 Å². The second-order valence-electron chi connectivity index (χ2n) is 1.45. The Hall–Kier alpha value is -0.150. The third-order valence-corrected chi connectivity index (χ3v) is 1.58. The Bertz CT molecular complexity index is 204. The minimum absolute atomic E-state index is 0.298. The van der Waals surface area contributed by atoms with E-state index in [0.29, 0.717) is 5.28 Å². The van der Waals surface area contributed by atoms with Crippen molar-refractivity contribution in [2.75, 3.05) is 0 Å². The molecule has 2 nitrogen and oxygen atoms in total. The minimum Gasteiger partial charge on any atom is -0.227 e. The maximum Gasteiger partial charge on any atom is 0.222 e. The van der Waals surface area contributed by atoms with Gasteiger partial charge in [0.25, 0.3) is 0 Å². The zero-order valence-electron chi connectivity index (χ0n) is 4.51. The number of hydrogen-bond donors (Lipinski definition) is 0. The van der Waals surface area contributed by atoms with Gasteiger partial charge in [-0.15, -0.1) is 0 Å². The van der Waals surface area contributed by atoms with Gasteiger partial charge in [0.05, 0.1) is 5.69 Å². The molecule has 0 spiro atoms. The van der Waals surface area contributed by atoms with Crippen LogP contribution in [0.1, 0.15) is 5.69 Å². The molecule has 0 aliphatic heterocycles. The number of nitrogens with zero attached hydrogens (tertiary/aromatic N) is 2. The summed E-state index contributed by atoms with van der Waals surface area (Å²) in [4.78, 5) is 7.62. The maximum atomic E-state index is 5.48. The van der Waals surface area contributed by atoms with Crippen LogP contribution in [0.2, 0.25) is 5.28 Å². The van der Waals surface area contributed by atoms with Crippen molar-refractivity contribution in [3.63, 3.8) is 0 Å². The molecule has 1 rings (SSSR count). The molecule has 0 fully saturated rings. The van der Waals surface area contributed by atoms with E-state index in [4.69, 9.17) is 11.6 Å². The summed E-state index contributed by atoms with van der Waals surface area (Å²) in [6.45, 7) is 0. The molecule has 0 aliphatic carbocycles. The van der Waals surface area contributed by atoms with E-state index in [1.807, 2.05) is 0 Å². The lowest BCUT2D eigenvalue weighted by Gasteiger charge is -1.91. The zero-order chi connectivity index (χ0) is 6.69. The van der Waals surface area contributed by atoms with Crippen LogP contribution in [0.15, 0.2) is 12.3 Å². The van der Waals surface area contributed by atoms with E-state index in [1.165, 1.54) is 0 Å². The van der Waals surface area contributed by atoms with Gasteiger partial charge in [0.15, 0.2) is 0 Å². The molecule has 0 saturated heterocycles. The molecule has 0 bridgehead atoms. The van der Waals surface area contributed by atoms with Gasteiger partial charge < -0.3 is 0 Å². The van der Waals surface area contributed by atoms with Crippen molar-refractivity contribution >= 4 is 27.5 Å². The van der Waals surface area contributed by atoms with Crippen LogP contribution in [0.5, 0.6) is 0 Å². The van der Waals surface area contributed by atoms with Crippen LogP contribution < -0.4 is 0 Å². The van der Waals surface area contributed by atoms with E-state index in [-0.39, 0.29) is 0 Å². The highest BCUT2D eigenvalue weighted by Gasteiger charge is 1.91. The van der Waals surface area contributed by atoms with Crippen molar-refractivity contribution in [2.24, 2.45) is 0 Å². The standard InChI is InChI=1S/C5H4BrClN2/c6-3-4-1-2-8-5(7)9-4/h1-2H,3H2. The molecule has 48 valence electrons. The average Bonchev–Trinajstić information content (AvgIpc) is 1.88. The Labute approximate surface area is 66.4 Å². The first-order valence-electron chi connectivity index (χ1n) is 2.36. The molecule has 0 amide bonds. The third kappa shape index (κ3) is 1.91. The highest BCUT2D eigenvalue weighted by Crippen LogP contribution is 2.03. The van der Waals surface area contributed by atoms with E-state index in [2.05, 4.69) is 25.9 Å². The topological polar surface area (TPSA) is 25.8 Å². The Morgan fingerprint density at radius 3 is 2.89 bits per heavy atom. The first-order chi connectivity index (χ1) is 4.33. The van der Waals surface area contributed by atoms with E-state index in [9.17, 15) is 0 Å². The second-order valence-corrected chi connectivity index (χ2v) is 2.35. The van der Waals surface area contributed by atoms with Crippen molar-refractivity contribution in [1.29, 1.82) is 0 Å². The van der Waals surface area contributed by atoms with Gasteiger partial charge >= 0.3 is 0 Å². The van der Waals surface area contributed by atoms with Crippen LogP contribution in [0.4, 0.5) is 0 Å². The zero-order valence-corrected chi connectivity index (χ0v) is 6.85. The van der Waals surface area contributed by atoms with Gasteiger partial charge in [-0.3, -0.25) is 0 Å². The van der Waals surface area contributed by atoms with Gasteiger partial charge in [0.2, 0.25) is 5.28 Å². The Morgan fingerprint density at radius 2 is 2.44 bits per heavy atom. The highest BCUT2D eigenvalue weighted by molar-refractivity contribution is 9.08. The Balaban J connectivity index is 2.94. The lowest BCUT2D eigenvalue weighted by atomic mass is 10.5. The van der Waals surface area contributed by atoms with Crippen LogP contribution in [-0.4, -0.2) is 9.97 Å². The monoisotopic (exact) mass is 206 g/mol. The summed E-state index contributed by atoms with van der Waals surface area (Å²) in [7, 11) is 0. The average molecular weight is 207 g/mol. The van der Waals surface area contributed by atoms with Crippen molar-refractivity contribution < 1.29 is 0 Å². The predicted molar refractivity (Wildman–Crippen MR) is 39.7 cm³/mol. The van der Waals surface area contributed by atoms with Crippen LogP contribution >= 0.6 is 27.5 Å². The van der Waals surface area contributed by atoms with Gasteiger partial charge in [0, 0.05) is 11.5 Å². The number of hydrogen-bond acceptors (Lipinski definition) is 2. The second kappa shape index (κ2) is 3.13. The minimum atomic E-state index is 0.298. The molecule has 0 aliphatic rings. The fourth-order valence-electron chi connectivity index (χ4n) is 0.444. The molecule has 1 heterocycles. The normalized spacial score (nSPS) is 9.56. The summed E-state index contributed by atoms with van der Waals surface area (Å²) in [5.74, 6) is 0. The molecular weight excluding hydrogens is 203 g/mol.